The first-order valence-corrected chi connectivity index (χ1v) is 5.29. The van der Waals surface area contributed by atoms with E-state index in [0.717, 1.165) is 11.4 Å². The molecular weight excluding hydrogens is 198 g/mol. The predicted octanol–water partition coefficient (Wildman–Crippen LogP) is 2.86. The van der Waals surface area contributed by atoms with Crippen LogP contribution in [0.3, 0.4) is 0 Å². The molecule has 1 atom stereocenters. The summed E-state index contributed by atoms with van der Waals surface area (Å²) in [5, 5.41) is 13.1. The van der Waals surface area contributed by atoms with Crippen LogP contribution in [-0.4, -0.2) is 10.7 Å². The van der Waals surface area contributed by atoms with E-state index in [1.165, 1.54) is 0 Å². The van der Waals surface area contributed by atoms with Crippen molar-refractivity contribution in [1.29, 1.82) is 0 Å². The van der Waals surface area contributed by atoms with Gasteiger partial charge >= 0.3 is 0 Å². The van der Waals surface area contributed by atoms with Crippen molar-refractivity contribution in [3.63, 3.8) is 0 Å². The van der Waals surface area contributed by atoms with E-state index in [9.17, 15) is 5.11 Å². The second-order valence-corrected chi connectivity index (χ2v) is 4.03. The monoisotopic (exact) mass is 213 g/mol. The lowest BCUT2D eigenvalue weighted by molar-refractivity contribution is 0.164. The Hall–Kier alpha value is -1.80. The maximum absolute atomic E-state index is 9.80. The summed E-state index contributed by atoms with van der Waals surface area (Å²) in [5.41, 5.74) is 1.13. The third-order valence-corrected chi connectivity index (χ3v) is 2.37. The topological polar surface area (TPSA) is 32.3 Å². The summed E-state index contributed by atoms with van der Waals surface area (Å²) in [6.45, 7) is 1.75. The van der Waals surface area contributed by atoms with Crippen LogP contribution in [0.25, 0.3) is 0 Å². The zero-order valence-electron chi connectivity index (χ0n) is 9.22. The Labute approximate surface area is 95.6 Å². The van der Waals surface area contributed by atoms with E-state index >= 15 is 0 Å². The molecule has 82 valence electrons. The molecule has 2 rings (SSSR count). The Morgan fingerprint density at radius 2 is 1.88 bits per heavy atom. The fourth-order valence-electron chi connectivity index (χ4n) is 1.49. The van der Waals surface area contributed by atoms with Gasteiger partial charge in [0.25, 0.3) is 0 Å². The highest BCUT2D eigenvalue weighted by Gasteiger charge is 2.12. The Morgan fingerprint density at radius 3 is 2.62 bits per heavy atom. The van der Waals surface area contributed by atoms with Crippen LogP contribution in [0, 0.1) is 0 Å². The summed E-state index contributed by atoms with van der Waals surface area (Å²) in [6.07, 6.45) is 9.19. The minimum Gasteiger partial charge on any atom is -0.382 e. The molecule has 0 bridgehead atoms. The Bertz CT molecular complexity index is 441. The molecule has 1 aliphatic carbocycles. The number of anilines is 1. The number of allylic oxidation sites excluding steroid dienone is 3. The summed E-state index contributed by atoms with van der Waals surface area (Å²) in [6, 6.07) is 9.95. The van der Waals surface area contributed by atoms with Crippen molar-refractivity contribution in [2.75, 3.05) is 5.32 Å². The zero-order valence-corrected chi connectivity index (χ0v) is 9.22. The lowest BCUT2D eigenvalue weighted by Gasteiger charge is -2.11. The van der Waals surface area contributed by atoms with E-state index < -0.39 is 5.60 Å². The van der Waals surface area contributed by atoms with Gasteiger partial charge in [-0.1, -0.05) is 24.3 Å². The summed E-state index contributed by atoms with van der Waals surface area (Å²) >= 11 is 0. The normalized spacial score (nSPS) is 23.8. The molecule has 0 spiro atoms. The van der Waals surface area contributed by atoms with E-state index in [-0.39, 0.29) is 0 Å². The standard InChI is InChI=1S/C14H15NO/c1-14(16)10-5-8-13(9-11-14)15-12-6-3-2-4-7-12/h2-11,15-16H,1H3/t14-/m1/s1. The maximum atomic E-state index is 9.80. The molecule has 0 aliphatic heterocycles. The number of para-hydroxylation sites is 1. The third kappa shape index (κ3) is 2.84. The summed E-state index contributed by atoms with van der Waals surface area (Å²) in [4.78, 5) is 0. The van der Waals surface area contributed by atoms with Crippen LogP contribution in [-0.2, 0) is 0 Å². The Balaban J connectivity index is 2.13. The van der Waals surface area contributed by atoms with E-state index in [1.54, 1.807) is 19.1 Å². The number of hydrogen-bond donors (Lipinski definition) is 2. The second-order valence-electron chi connectivity index (χ2n) is 4.03. The van der Waals surface area contributed by atoms with Gasteiger partial charge in [0.2, 0.25) is 0 Å². The fourth-order valence-corrected chi connectivity index (χ4v) is 1.49. The number of benzene rings is 1. The van der Waals surface area contributed by atoms with Crippen LogP contribution in [0.2, 0.25) is 0 Å². The molecule has 16 heavy (non-hydrogen) atoms. The van der Waals surface area contributed by atoms with Crippen molar-refractivity contribution in [2.24, 2.45) is 0 Å². The second kappa shape index (κ2) is 4.37. The van der Waals surface area contributed by atoms with Gasteiger partial charge in [-0.25, -0.2) is 0 Å². The molecule has 2 N–H and O–H groups in total. The highest BCUT2D eigenvalue weighted by molar-refractivity contribution is 5.52. The van der Waals surface area contributed by atoms with Gasteiger partial charge in [-0.05, 0) is 43.4 Å². The van der Waals surface area contributed by atoms with Crippen molar-refractivity contribution < 1.29 is 5.11 Å². The molecule has 2 nitrogen and oxygen atoms in total. The smallest absolute Gasteiger partial charge is 0.0987 e. The fraction of sp³-hybridized carbons (Fsp3) is 0.143. The minimum atomic E-state index is -0.864. The van der Waals surface area contributed by atoms with Crippen molar-refractivity contribution in [3.05, 3.63) is 66.4 Å². The Kier molecular flexibility index (Phi) is 2.93. The SMILES string of the molecule is C[C@@]1(O)C=CC=C(Nc2ccccc2)C=C1. The average molecular weight is 213 g/mol. The van der Waals surface area contributed by atoms with Gasteiger partial charge in [0.15, 0.2) is 0 Å². The van der Waals surface area contributed by atoms with Crippen molar-refractivity contribution in [1.82, 2.24) is 0 Å². The molecule has 1 aromatic rings. The van der Waals surface area contributed by atoms with Gasteiger partial charge in [0.05, 0.1) is 5.60 Å². The minimum absolute atomic E-state index is 0.864. The molecule has 0 unspecified atom stereocenters. The van der Waals surface area contributed by atoms with Crippen LogP contribution in [0.4, 0.5) is 5.69 Å². The number of nitrogens with one attached hydrogen (secondary N) is 1. The first kappa shape index (κ1) is 10.7. The molecule has 0 heterocycles. The number of rotatable bonds is 2. The van der Waals surface area contributed by atoms with Crippen molar-refractivity contribution >= 4 is 5.69 Å². The molecule has 0 fully saturated rings. The maximum Gasteiger partial charge on any atom is 0.0987 e. The molecule has 1 aliphatic rings. The molecule has 1 aromatic carbocycles. The van der Waals surface area contributed by atoms with Crippen LogP contribution >= 0.6 is 0 Å². The van der Waals surface area contributed by atoms with Gasteiger partial charge < -0.3 is 10.4 Å². The third-order valence-electron chi connectivity index (χ3n) is 2.37. The van der Waals surface area contributed by atoms with E-state index in [2.05, 4.69) is 5.32 Å². The zero-order chi connectivity index (χ0) is 11.4. The quantitative estimate of drug-likeness (QED) is 0.791. The van der Waals surface area contributed by atoms with Crippen molar-refractivity contribution in [2.45, 2.75) is 12.5 Å². The molecular formula is C14H15NO. The van der Waals surface area contributed by atoms with Gasteiger partial charge in [-0.2, -0.15) is 0 Å². The van der Waals surface area contributed by atoms with E-state index in [4.69, 9.17) is 0 Å². The van der Waals surface area contributed by atoms with Crippen LogP contribution in [0.5, 0.6) is 0 Å². The first-order valence-electron chi connectivity index (χ1n) is 5.29. The molecule has 0 saturated heterocycles. The van der Waals surface area contributed by atoms with Crippen molar-refractivity contribution in [3.8, 4) is 0 Å². The molecule has 0 radical (unpaired) electrons. The van der Waals surface area contributed by atoms with Gasteiger partial charge in [0.1, 0.15) is 0 Å². The summed E-state index contributed by atoms with van der Waals surface area (Å²) < 4.78 is 0. The van der Waals surface area contributed by atoms with Crippen LogP contribution < -0.4 is 5.32 Å². The van der Waals surface area contributed by atoms with Gasteiger partial charge in [-0.3, -0.25) is 0 Å². The molecule has 0 saturated carbocycles. The number of hydrogen-bond acceptors (Lipinski definition) is 2. The van der Waals surface area contributed by atoms with Gasteiger partial charge in [-0.15, -0.1) is 0 Å². The van der Waals surface area contributed by atoms with Gasteiger partial charge in [0, 0.05) is 11.4 Å². The summed E-state index contributed by atoms with van der Waals surface area (Å²) in [7, 11) is 0. The lowest BCUT2D eigenvalue weighted by Crippen LogP contribution is -2.15. The first-order chi connectivity index (χ1) is 7.66. The van der Waals surface area contributed by atoms with Crippen LogP contribution in [0.1, 0.15) is 6.92 Å². The summed E-state index contributed by atoms with van der Waals surface area (Å²) in [5.74, 6) is 0. The number of aliphatic hydroxyl groups is 1. The largest absolute Gasteiger partial charge is 0.382 e. The highest BCUT2D eigenvalue weighted by atomic mass is 16.3. The highest BCUT2D eigenvalue weighted by Crippen LogP contribution is 2.16. The van der Waals surface area contributed by atoms with E-state index in [1.807, 2.05) is 48.6 Å². The molecule has 0 amide bonds. The molecule has 2 heteroatoms. The van der Waals surface area contributed by atoms with E-state index in [0.29, 0.717) is 0 Å². The Morgan fingerprint density at radius 1 is 1.12 bits per heavy atom. The lowest BCUT2D eigenvalue weighted by atomic mass is 10.1. The van der Waals surface area contributed by atoms with Crippen LogP contribution in [0.15, 0.2) is 66.4 Å². The average Bonchev–Trinajstić information content (AvgIpc) is 2.42. The predicted molar refractivity (Wildman–Crippen MR) is 67.1 cm³/mol. The molecule has 0 aromatic heterocycles.